The summed E-state index contributed by atoms with van der Waals surface area (Å²) in [4.78, 5) is 74.2. The van der Waals surface area contributed by atoms with Gasteiger partial charge < -0.3 is 29.7 Å². The quantitative estimate of drug-likeness (QED) is 0.197. The van der Waals surface area contributed by atoms with E-state index in [1.165, 1.54) is 0 Å². The van der Waals surface area contributed by atoms with Crippen molar-refractivity contribution in [2.24, 2.45) is 0 Å². The Labute approximate surface area is 222 Å². The molecular formula is C25H40N2O11. The third kappa shape index (κ3) is 15.5. The van der Waals surface area contributed by atoms with E-state index in [0.29, 0.717) is 12.2 Å². The molecule has 0 saturated heterocycles. The smallest absolute Gasteiger partial charge is 0.411 e. The Morgan fingerprint density at radius 3 is 1.71 bits per heavy atom. The largest absolute Gasteiger partial charge is 0.480 e. The maximum Gasteiger partial charge on any atom is 0.411 e. The second-order valence-electron chi connectivity index (χ2n) is 11.4. The molecule has 0 aromatic rings. The first-order valence-electron chi connectivity index (χ1n) is 11.9. The number of carbonyl (C=O) groups excluding carboxylic acids is 4. The van der Waals surface area contributed by atoms with E-state index in [2.05, 4.69) is 5.32 Å². The van der Waals surface area contributed by atoms with Gasteiger partial charge in [-0.25, -0.2) is 19.2 Å². The predicted molar refractivity (Wildman–Crippen MR) is 134 cm³/mol. The highest BCUT2D eigenvalue weighted by Crippen LogP contribution is 2.20. The number of nitrogens with one attached hydrogen (secondary N) is 1. The monoisotopic (exact) mass is 544 g/mol. The van der Waals surface area contributed by atoms with Crippen molar-refractivity contribution in [2.45, 2.75) is 104 Å². The van der Waals surface area contributed by atoms with Gasteiger partial charge in [0.25, 0.3) is 0 Å². The summed E-state index contributed by atoms with van der Waals surface area (Å²) in [5, 5.41) is 20.5. The normalized spacial score (nSPS) is 13.7. The standard InChI is InChI=1S/C25H40N2O11/c1-23(2,3)36-19(31)13-10-16(21(34)37-24(4,5)6)27(22(35)38-25(7,8)9)14-15(20(32)33)26-17(28)11-12-18(29)30/h11-12,15-16H,10,13-14H2,1-9H3,(H,26,28)(H,29,30)(H,32,33)/b12-11+/t15-,16+/m0/s1. The number of hydrogen-bond donors (Lipinski definition) is 3. The number of carboxylic acids is 2. The van der Waals surface area contributed by atoms with E-state index in [1.54, 1.807) is 62.3 Å². The van der Waals surface area contributed by atoms with Gasteiger partial charge >= 0.3 is 30.0 Å². The molecule has 38 heavy (non-hydrogen) atoms. The number of carboxylic acid groups (broad SMARTS) is 2. The average molecular weight is 545 g/mol. The molecule has 0 unspecified atom stereocenters. The molecule has 0 rings (SSSR count). The van der Waals surface area contributed by atoms with Crippen molar-refractivity contribution in [3.8, 4) is 0 Å². The molecular weight excluding hydrogens is 504 g/mol. The number of carbonyl (C=O) groups is 6. The molecule has 0 saturated carbocycles. The number of ether oxygens (including phenoxy) is 3. The predicted octanol–water partition coefficient (Wildman–Crippen LogP) is 2.27. The highest BCUT2D eigenvalue weighted by atomic mass is 16.6. The van der Waals surface area contributed by atoms with Crippen molar-refractivity contribution >= 4 is 35.9 Å². The lowest BCUT2D eigenvalue weighted by atomic mass is 10.1. The van der Waals surface area contributed by atoms with Gasteiger partial charge in [-0.15, -0.1) is 0 Å². The minimum absolute atomic E-state index is 0.303. The van der Waals surface area contributed by atoms with Gasteiger partial charge in [-0.05, 0) is 68.7 Å². The van der Waals surface area contributed by atoms with Gasteiger partial charge in [0.15, 0.2) is 0 Å². The molecule has 13 heteroatoms. The van der Waals surface area contributed by atoms with Crippen LogP contribution < -0.4 is 5.32 Å². The van der Waals surface area contributed by atoms with Crippen molar-refractivity contribution in [2.75, 3.05) is 6.54 Å². The van der Waals surface area contributed by atoms with Crippen LogP contribution in [0.25, 0.3) is 0 Å². The zero-order valence-corrected chi connectivity index (χ0v) is 23.4. The molecule has 0 aliphatic heterocycles. The maximum absolute atomic E-state index is 13.2. The van der Waals surface area contributed by atoms with Gasteiger partial charge in [0.2, 0.25) is 5.91 Å². The van der Waals surface area contributed by atoms with Crippen molar-refractivity contribution in [3.63, 3.8) is 0 Å². The fraction of sp³-hybridized carbons (Fsp3) is 0.680. The van der Waals surface area contributed by atoms with Crippen LogP contribution in [0.4, 0.5) is 4.79 Å². The lowest BCUT2D eigenvalue weighted by Crippen LogP contribution is -2.56. The molecule has 3 N–H and O–H groups in total. The van der Waals surface area contributed by atoms with E-state index in [4.69, 9.17) is 19.3 Å². The Bertz CT molecular complexity index is 921. The Morgan fingerprint density at radius 2 is 1.29 bits per heavy atom. The lowest BCUT2D eigenvalue weighted by molar-refractivity contribution is -0.163. The SMILES string of the molecule is CC(C)(C)OC(=O)CC[C@H](C(=O)OC(C)(C)C)N(C[C@H](NC(=O)/C=C/C(=O)O)C(=O)O)C(=O)OC(C)(C)C. The Balaban J connectivity index is 6.37. The molecule has 2 amide bonds. The molecule has 216 valence electrons. The molecule has 0 aromatic carbocycles. The van der Waals surface area contributed by atoms with Gasteiger partial charge in [0.1, 0.15) is 28.9 Å². The zero-order valence-electron chi connectivity index (χ0n) is 23.4. The summed E-state index contributed by atoms with van der Waals surface area (Å²) in [6.45, 7) is 13.6. The minimum atomic E-state index is -1.78. The van der Waals surface area contributed by atoms with Crippen molar-refractivity contribution in [1.82, 2.24) is 10.2 Å². The number of esters is 2. The zero-order chi connectivity index (χ0) is 30.1. The second kappa shape index (κ2) is 13.8. The first kappa shape index (κ1) is 34.4. The highest BCUT2D eigenvalue weighted by Gasteiger charge is 2.39. The lowest BCUT2D eigenvalue weighted by Gasteiger charge is -2.35. The van der Waals surface area contributed by atoms with Gasteiger partial charge in [0, 0.05) is 18.6 Å². The summed E-state index contributed by atoms with van der Waals surface area (Å²) < 4.78 is 16.1. The number of hydrogen-bond acceptors (Lipinski definition) is 9. The molecule has 2 atom stereocenters. The van der Waals surface area contributed by atoms with E-state index in [-0.39, 0.29) is 12.8 Å². The van der Waals surface area contributed by atoms with Crippen LogP contribution in [0.15, 0.2) is 12.2 Å². The Hall–Kier alpha value is -3.64. The van der Waals surface area contributed by atoms with Crippen LogP contribution in [0.3, 0.4) is 0 Å². The topological polar surface area (TPSA) is 186 Å². The maximum atomic E-state index is 13.2. The van der Waals surface area contributed by atoms with Crippen LogP contribution in [0.1, 0.15) is 75.2 Å². The molecule has 0 heterocycles. The minimum Gasteiger partial charge on any atom is -0.480 e. The number of aliphatic carboxylic acids is 2. The number of amides is 2. The molecule has 0 fully saturated rings. The number of rotatable bonds is 11. The van der Waals surface area contributed by atoms with E-state index in [0.717, 1.165) is 4.90 Å². The molecule has 0 aromatic heterocycles. The molecule has 0 aliphatic carbocycles. The molecule has 0 spiro atoms. The van der Waals surface area contributed by atoms with Crippen molar-refractivity contribution < 1.29 is 53.2 Å². The Kier molecular flexibility index (Phi) is 12.5. The Morgan fingerprint density at radius 1 is 0.789 bits per heavy atom. The molecule has 0 radical (unpaired) electrons. The van der Waals surface area contributed by atoms with E-state index in [1.807, 2.05) is 0 Å². The van der Waals surface area contributed by atoms with Gasteiger partial charge in [-0.2, -0.15) is 0 Å². The number of nitrogens with zero attached hydrogens (tertiary/aromatic N) is 1. The summed E-state index contributed by atoms with van der Waals surface area (Å²) in [6, 6.07) is -3.27. The highest BCUT2D eigenvalue weighted by molar-refractivity contribution is 5.96. The fourth-order valence-corrected chi connectivity index (χ4v) is 2.82. The van der Waals surface area contributed by atoms with Crippen LogP contribution in [-0.4, -0.2) is 86.4 Å². The first-order valence-corrected chi connectivity index (χ1v) is 11.9. The van der Waals surface area contributed by atoms with Crippen LogP contribution in [0, 0.1) is 0 Å². The first-order chi connectivity index (χ1) is 17.0. The van der Waals surface area contributed by atoms with Crippen LogP contribution in [-0.2, 0) is 38.2 Å². The summed E-state index contributed by atoms with van der Waals surface area (Å²) in [6.07, 6.45) is -0.623. The van der Waals surface area contributed by atoms with Gasteiger partial charge in [-0.1, -0.05) is 0 Å². The van der Waals surface area contributed by atoms with Crippen LogP contribution in [0.5, 0.6) is 0 Å². The summed E-state index contributed by atoms with van der Waals surface area (Å²) in [5.41, 5.74) is -2.86. The van der Waals surface area contributed by atoms with Crippen molar-refractivity contribution in [1.29, 1.82) is 0 Å². The molecule has 0 bridgehead atoms. The fourth-order valence-electron chi connectivity index (χ4n) is 2.82. The summed E-state index contributed by atoms with van der Waals surface area (Å²) in [5.74, 6) is -5.68. The van der Waals surface area contributed by atoms with Crippen molar-refractivity contribution in [3.05, 3.63) is 12.2 Å². The van der Waals surface area contributed by atoms with Gasteiger partial charge in [0.05, 0.1) is 6.54 Å². The molecule has 0 aliphatic rings. The van der Waals surface area contributed by atoms with Crippen LogP contribution >= 0.6 is 0 Å². The van der Waals surface area contributed by atoms with E-state index >= 15 is 0 Å². The average Bonchev–Trinajstić information content (AvgIpc) is 2.66. The summed E-state index contributed by atoms with van der Waals surface area (Å²) in [7, 11) is 0. The van der Waals surface area contributed by atoms with E-state index < -0.39 is 71.3 Å². The second-order valence-corrected chi connectivity index (χ2v) is 11.4. The molecule has 13 nitrogen and oxygen atoms in total. The summed E-state index contributed by atoms with van der Waals surface area (Å²) >= 11 is 0. The van der Waals surface area contributed by atoms with E-state index in [9.17, 15) is 33.9 Å². The third-order valence-electron chi connectivity index (χ3n) is 4.10. The van der Waals surface area contributed by atoms with Gasteiger partial charge in [-0.3, -0.25) is 14.5 Å². The van der Waals surface area contributed by atoms with Crippen LogP contribution in [0.2, 0.25) is 0 Å². The third-order valence-corrected chi connectivity index (χ3v) is 4.10.